The van der Waals surface area contributed by atoms with E-state index in [1.54, 1.807) is 0 Å². The lowest BCUT2D eigenvalue weighted by Gasteiger charge is -2.18. The molecule has 0 aliphatic carbocycles. The third-order valence-electron chi connectivity index (χ3n) is 3.72. The van der Waals surface area contributed by atoms with Gasteiger partial charge in [-0.05, 0) is 37.1 Å². The van der Waals surface area contributed by atoms with Crippen LogP contribution in [-0.4, -0.2) is 13.1 Å². The molecule has 0 amide bonds. The molecule has 0 aliphatic rings. The van der Waals surface area contributed by atoms with E-state index in [1.165, 1.54) is 24.0 Å². The summed E-state index contributed by atoms with van der Waals surface area (Å²) in [5, 5.41) is 3.56. The molecule has 0 radical (unpaired) electrons. The van der Waals surface area contributed by atoms with E-state index in [0.717, 1.165) is 19.5 Å². The molecule has 0 saturated heterocycles. The molecular weight excluding hydrogens is 242 g/mol. The minimum Gasteiger partial charge on any atom is -0.317 e. The van der Waals surface area contributed by atoms with Gasteiger partial charge >= 0.3 is 0 Å². The molecule has 0 aliphatic heterocycles. The molecule has 2 aromatic rings. The van der Waals surface area contributed by atoms with Crippen LogP contribution in [0, 0.1) is 0 Å². The van der Waals surface area contributed by atoms with Crippen LogP contribution >= 0.6 is 0 Å². The van der Waals surface area contributed by atoms with Gasteiger partial charge in [-0.1, -0.05) is 74.0 Å². The van der Waals surface area contributed by atoms with Crippen LogP contribution in [0.1, 0.15) is 43.2 Å². The molecule has 1 heteroatoms. The molecule has 1 N–H and O–H groups in total. The van der Waals surface area contributed by atoms with E-state index in [4.69, 9.17) is 0 Å². The highest BCUT2D eigenvalue weighted by Gasteiger charge is 2.12. The van der Waals surface area contributed by atoms with Gasteiger partial charge in [0.25, 0.3) is 0 Å². The van der Waals surface area contributed by atoms with Crippen molar-refractivity contribution in [3.05, 3.63) is 71.8 Å². The molecule has 0 unspecified atom stereocenters. The normalized spacial score (nSPS) is 10.9. The number of benzene rings is 2. The molecule has 2 aromatic carbocycles. The van der Waals surface area contributed by atoms with Crippen LogP contribution in [0.15, 0.2) is 60.7 Å². The van der Waals surface area contributed by atoms with E-state index >= 15 is 0 Å². The maximum atomic E-state index is 3.56. The van der Waals surface area contributed by atoms with E-state index in [1.807, 2.05) is 0 Å². The highest BCUT2D eigenvalue weighted by Crippen LogP contribution is 2.27. The highest BCUT2D eigenvalue weighted by atomic mass is 14.8. The first-order chi connectivity index (χ1) is 9.92. The maximum absolute atomic E-state index is 3.56. The molecule has 1 nitrogen and oxygen atoms in total. The Balaban J connectivity index is 2.02. The summed E-state index contributed by atoms with van der Waals surface area (Å²) in [6.45, 7) is 4.44. The second kappa shape index (κ2) is 8.55. The first kappa shape index (κ1) is 14.8. The van der Waals surface area contributed by atoms with Gasteiger partial charge in [-0.2, -0.15) is 0 Å². The average molecular weight is 267 g/mol. The van der Waals surface area contributed by atoms with Crippen molar-refractivity contribution in [2.24, 2.45) is 0 Å². The third-order valence-corrected chi connectivity index (χ3v) is 3.72. The lowest BCUT2D eigenvalue weighted by molar-refractivity contribution is 0.591. The Hall–Kier alpha value is -1.60. The van der Waals surface area contributed by atoms with Gasteiger partial charge in [0.05, 0.1) is 0 Å². The molecule has 106 valence electrons. The topological polar surface area (TPSA) is 12.0 Å². The fraction of sp³-hybridized carbons (Fsp3) is 0.368. The van der Waals surface area contributed by atoms with Crippen molar-refractivity contribution < 1.29 is 0 Å². The number of rotatable bonds is 8. The molecule has 0 bridgehead atoms. The molecule has 0 heterocycles. The van der Waals surface area contributed by atoms with Crippen molar-refractivity contribution in [3.8, 4) is 0 Å². The van der Waals surface area contributed by atoms with E-state index < -0.39 is 0 Å². The molecule has 0 saturated carbocycles. The third kappa shape index (κ3) is 4.50. The minimum absolute atomic E-state index is 0.492. The number of hydrogen-bond donors (Lipinski definition) is 1. The van der Waals surface area contributed by atoms with Gasteiger partial charge < -0.3 is 5.32 Å². The lowest BCUT2D eigenvalue weighted by Crippen LogP contribution is -2.19. The highest BCUT2D eigenvalue weighted by molar-refractivity contribution is 5.32. The van der Waals surface area contributed by atoms with Gasteiger partial charge in [0, 0.05) is 5.92 Å². The Labute approximate surface area is 123 Å². The summed E-state index contributed by atoms with van der Waals surface area (Å²) in [4.78, 5) is 0. The van der Waals surface area contributed by atoms with Gasteiger partial charge in [-0.3, -0.25) is 0 Å². The first-order valence-corrected chi connectivity index (χ1v) is 7.72. The van der Waals surface area contributed by atoms with E-state index in [2.05, 4.69) is 72.9 Å². The predicted molar refractivity (Wildman–Crippen MR) is 87.1 cm³/mol. The van der Waals surface area contributed by atoms with Crippen molar-refractivity contribution in [3.63, 3.8) is 0 Å². The van der Waals surface area contributed by atoms with E-state index in [0.29, 0.717) is 5.92 Å². The Morgan fingerprint density at radius 2 is 1.35 bits per heavy atom. The number of nitrogens with one attached hydrogen (secondary N) is 1. The van der Waals surface area contributed by atoms with Crippen molar-refractivity contribution in [2.75, 3.05) is 13.1 Å². The van der Waals surface area contributed by atoms with Crippen molar-refractivity contribution in [1.82, 2.24) is 5.32 Å². The zero-order chi connectivity index (χ0) is 14.0. The summed E-state index contributed by atoms with van der Waals surface area (Å²) in [5.41, 5.74) is 2.83. The molecule has 0 fully saturated rings. The Bertz CT molecular complexity index is 424. The second-order valence-corrected chi connectivity index (χ2v) is 5.27. The van der Waals surface area contributed by atoms with Crippen LogP contribution in [-0.2, 0) is 0 Å². The van der Waals surface area contributed by atoms with Crippen molar-refractivity contribution in [1.29, 1.82) is 0 Å². The summed E-state index contributed by atoms with van der Waals surface area (Å²) in [6.07, 6.45) is 3.67. The van der Waals surface area contributed by atoms with Crippen LogP contribution in [0.5, 0.6) is 0 Å². The van der Waals surface area contributed by atoms with Gasteiger partial charge in [0.15, 0.2) is 0 Å². The van der Waals surface area contributed by atoms with Crippen molar-refractivity contribution >= 4 is 0 Å². The molecule has 0 spiro atoms. The Morgan fingerprint density at radius 3 is 1.85 bits per heavy atom. The molecule has 0 aromatic heterocycles. The van der Waals surface area contributed by atoms with Crippen LogP contribution in [0.2, 0.25) is 0 Å². The van der Waals surface area contributed by atoms with Crippen LogP contribution in [0.25, 0.3) is 0 Å². The summed E-state index contributed by atoms with van der Waals surface area (Å²) < 4.78 is 0. The first-order valence-electron chi connectivity index (χ1n) is 7.72. The molecule has 20 heavy (non-hydrogen) atoms. The maximum Gasteiger partial charge on any atom is 0.0101 e. The van der Waals surface area contributed by atoms with Gasteiger partial charge in [-0.25, -0.2) is 0 Å². The quantitative estimate of drug-likeness (QED) is 0.689. The molecule has 0 atom stereocenters. The monoisotopic (exact) mass is 267 g/mol. The average Bonchev–Trinajstić information content (AvgIpc) is 2.53. The Morgan fingerprint density at radius 1 is 0.800 bits per heavy atom. The standard InChI is InChI=1S/C19H25N/c1-2-3-15-20-16-14-19(17-10-6-4-7-11-17)18-12-8-5-9-13-18/h4-13,19-20H,2-3,14-16H2,1H3. The van der Waals surface area contributed by atoms with Crippen LogP contribution in [0.4, 0.5) is 0 Å². The van der Waals surface area contributed by atoms with E-state index in [9.17, 15) is 0 Å². The van der Waals surface area contributed by atoms with Gasteiger partial charge in [0.2, 0.25) is 0 Å². The van der Waals surface area contributed by atoms with E-state index in [-0.39, 0.29) is 0 Å². The number of hydrogen-bond acceptors (Lipinski definition) is 1. The zero-order valence-corrected chi connectivity index (χ0v) is 12.4. The Kier molecular flexibility index (Phi) is 6.33. The second-order valence-electron chi connectivity index (χ2n) is 5.27. The fourth-order valence-corrected chi connectivity index (χ4v) is 2.57. The summed E-state index contributed by atoms with van der Waals surface area (Å²) >= 11 is 0. The van der Waals surface area contributed by atoms with Crippen molar-refractivity contribution in [2.45, 2.75) is 32.1 Å². The molecule has 2 rings (SSSR count). The van der Waals surface area contributed by atoms with Gasteiger partial charge in [-0.15, -0.1) is 0 Å². The smallest absolute Gasteiger partial charge is 0.0101 e. The largest absolute Gasteiger partial charge is 0.317 e. The van der Waals surface area contributed by atoms with Crippen LogP contribution in [0.3, 0.4) is 0 Å². The lowest BCUT2D eigenvalue weighted by atomic mass is 9.88. The number of unbranched alkanes of at least 4 members (excludes halogenated alkanes) is 1. The summed E-state index contributed by atoms with van der Waals surface area (Å²) in [7, 11) is 0. The van der Waals surface area contributed by atoms with Crippen LogP contribution < -0.4 is 5.32 Å². The fourth-order valence-electron chi connectivity index (χ4n) is 2.57. The molecular formula is C19H25N. The van der Waals surface area contributed by atoms with Gasteiger partial charge in [0.1, 0.15) is 0 Å². The summed E-state index contributed by atoms with van der Waals surface area (Å²) in [6, 6.07) is 21.7. The minimum atomic E-state index is 0.492. The zero-order valence-electron chi connectivity index (χ0n) is 12.4. The SMILES string of the molecule is CCCCNCCC(c1ccccc1)c1ccccc1. The summed E-state index contributed by atoms with van der Waals surface area (Å²) in [5.74, 6) is 0.492. The predicted octanol–water partition coefficient (Wildman–Crippen LogP) is 4.60.